The zero-order chi connectivity index (χ0) is 35.2. The van der Waals surface area contributed by atoms with Crippen molar-refractivity contribution in [2.45, 2.75) is 65.2 Å². The van der Waals surface area contributed by atoms with Crippen LogP contribution in [0, 0.1) is 0 Å². The fourth-order valence-corrected chi connectivity index (χ4v) is 9.57. The normalized spacial score (nSPS) is 11.5. The second-order valence-corrected chi connectivity index (χ2v) is 17.9. The molecule has 11 heteroatoms. The molecule has 7 aromatic rings. The highest BCUT2D eigenvalue weighted by atomic mass is 79.9. The highest BCUT2D eigenvalue weighted by Crippen LogP contribution is 2.47. The van der Waals surface area contributed by atoms with Crippen molar-refractivity contribution in [3.05, 3.63) is 80.4 Å². The average Bonchev–Trinajstić information content (AvgIpc) is 3.92. The van der Waals surface area contributed by atoms with E-state index in [4.69, 9.17) is 28.2 Å². The molecule has 262 valence electrons. The maximum absolute atomic E-state index is 6.11. The Kier molecular flexibility index (Phi) is 12.1. The standard InChI is InChI=1S/C40H38Br2N4O2S3/c1-3-5-7-9-23-47-27-15-11-25(12-16-27)35-36(26-13-17-28(18-14-26)48-24-10-8-6-4-2)44-38-34(30-20-22-32(42)50-30)40-39(45-51-46-40)33(37(38)43-35)29-19-21-31(41)49-29/h11-22H,3-10,23-24H2,1-2H3. The van der Waals surface area contributed by atoms with Gasteiger partial charge in [0.05, 0.1) is 43.9 Å². The first kappa shape index (κ1) is 36.2. The molecular weight excluding hydrogens is 824 g/mol. The lowest BCUT2D eigenvalue weighted by atomic mass is 9.99. The predicted molar refractivity (Wildman–Crippen MR) is 223 cm³/mol. The van der Waals surface area contributed by atoms with Crippen molar-refractivity contribution in [1.82, 2.24) is 18.7 Å². The number of aromatic nitrogens is 4. The molecule has 0 fully saturated rings. The number of fused-ring (bicyclic) bond motifs is 2. The summed E-state index contributed by atoms with van der Waals surface area (Å²) in [6, 6.07) is 24.9. The summed E-state index contributed by atoms with van der Waals surface area (Å²) < 4.78 is 24.0. The largest absolute Gasteiger partial charge is 0.494 e. The van der Waals surface area contributed by atoms with E-state index >= 15 is 0 Å². The molecule has 0 aliphatic rings. The molecule has 6 nitrogen and oxygen atoms in total. The van der Waals surface area contributed by atoms with Crippen molar-refractivity contribution in [2.75, 3.05) is 13.2 Å². The van der Waals surface area contributed by atoms with Gasteiger partial charge in [0.1, 0.15) is 33.6 Å². The van der Waals surface area contributed by atoms with Gasteiger partial charge >= 0.3 is 0 Å². The Hall–Kier alpha value is -3.22. The van der Waals surface area contributed by atoms with Crippen LogP contribution < -0.4 is 9.47 Å². The van der Waals surface area contributed by atoms with Crippen LogP contribution in [0.5, 0.6) is 11.5 Å². The summed E-state index contributed by atoms with van der Waals surface area (Å²) >= 11 is 11.9. The van der Waals surface area contributed by atoms with Gasteiger partial charge in [-0.15, -0.1) is 22.7 Å². The van der Waals surface area contributed by atoms with Gasteiger partial charge < -0.3 is 9.47 Å². The van der Waals surface area contributed by atoms with E-state index in [0.717, 1.165) is 97.4 Å². The van der Waals surface area contributed by atoms with Crippen LogP contribution in [0.2, 0.25) is 0 Å². The second-order valence-electron chi connectivity index (χ2n) is 12.4. The van der Waals surface area contributed by atoms with Crippen molar-refractivity contribution in [3.8, 4) is 54.9 Å². The molecule has 0 aliphatic heterocycles. The third-order valence-corrected chi connectivity index (χ3v) is 12.6. The molecule has 0 unspecified atom stereocenters. The first-order chi connectivity index (χ1) is 25.0. The van der Waals surface area contributed by atoms with Gasteiger partial charge in [0, 0.05) is 32.0 Å². The van der Waals surface area contributed by atoms with Crippen molar-refractivity contribution >= 4 is 88.3 Å². The molecule has 0 amide bonds. The minimum atomic E-state index is 0.715. The molecule has 0 saturated heterocycles. The first-order valence-electron chi connectivity index (χ1n) is 17.5. The maximum atomic E-state index is 6.11. The van der Waals surface area contributed by atoms with Crippen molar-refractivity contribution in [2.24, 2.45) is 0 Å². The summed E-state index contributed by atoms with van der Waals surface area (Å²) in [6.45, 7) is 5.88. The lowest BCUT2D eigenvalue weighted by Crippen LogP contribution is -2.01. The third-order valence-electron chi connectivity index (χ3n) is 8.76. The van der Waals surface area contributed by atoms with Gasteiger partial charge in [0.15, 0.2) is 0 Å². The molecular formula is C40H38Br2N4O2S3. The molecule has 51 heavy (non-hydrogen) atoms. The van der Waals surface area contributed by atoms with E-state index in [1.54, 1.807) is 22.7 Å². The van der Waals surface area contributed by atoms with Crippen molar-refractivity contribution in [1.29, 1.82) is 0 Å². The summed E-state index contributed by atoms with van der Waals surface area (Å²) in [7, 11) is 0. The topological polar surface area (TPSA) is 70.0 Å². The molecule has 0 N–H and O–H groups in total. The summed E-state index contributed by atoms with van der Waals surface area (Å²) in [5, 5.41) is 0. The number of nitrogens with zero attached hydrogens (tertiary/aromatic N) is 4. The van der Waals surface area contributed by atoms with E-state index in [-0.39, 0.29) is 0 Å². The molecule has 7 rings (SSSR count). The molecule has 4 aromatic heterocycles. The number of benzene rings is 3. The molecule has 0 atom stereocenters. The van der Waals surface area contributed by atoms with Crippen LogP contribution in [-0.2, 0) is 0 Å². The summed E-state index contributed by atoms with van der Waals surface area (Å²) in [5.41, 5.74) is 8.67. The van der Waals surface area contributed by atoms with Gasteiger partial charge in [-0.3, -0.25) is 0 Å². The molecule has 3 aromatic carbocycles. The lowest BCUT2D eigenvalue weighted by molar-refractivity contribution is 0.305. The average molecular weight is 863 g/mol. The Morgan fingerprint density at radius 2 is 0.941 bits per heavy atom. The highest BCUT2D eigenvalue weighted by molar-refractivity contribution is 9.11. The molecule has 0 bridgehead atoms. The second kappa shape index (κ2) is 17.1. The van der Waals surface area contributed by atoms with Crippen molar-refractivity contribution in [3.63, 3.8) is 0 Å². The minimum absolute atomic E-state index is 0.715. The third kappa shape index (κ3) is 8.23. The monoisotopic (exact) mass is 860 g/mol. The quantitative estimate of drug-likeness (QED) is 0.0902. The Morgan fingerprint density at radius 3 is 1.31 bits per heavy atom. The summed E-state index contributed by atoms with van der Waals surface area (Å²) in [4.78, 5) is 13.2. The summed E-state index contributed by atoms with van der Waals surface area (Å²) in [5.74, 6) is 1.71. The zero-order valence-corrected chi connectivity index (χ0v) is 34.2. The number of rotatable bonds is 16. The van der Waals surface area contributed by atoms with Crippen LogP contribution >= 0.6 is 66.3 Å². The highest BCUT2D eigenvalue weighted by Gasteiger charge is 2.26. The first-order valence-corrected chi connectivity index (χ1v) is 21.5. The molecule has 0 radical (unpaired) electrons. The number of hydrogen-bond acceptors (Lipinski definition) is 9. The lowest BCUT2D eigenvalue weighted by Gasteiger charge is -2.16. The smallest absolute Gasteiger partial charge is 0.119 e. The van der Waals surface area contributed by atoms with Crippen LogP contribution in [0.25, 0.3) is 65.5 Å². The minimum Gasteiger partial charge on any atom is -0.494 e. The predicted octanol–water partition coefficient (Wildman–Crippen LogP) is 13.9. The Balaban J connectivity index is 1.39. The molecule has 0 aliphatic carbocycles. The number of unbranched alkanes of at least 4 members (excludes halogenated alkanes) is 6. The van der Waals surface area contributed by atoms with Crippen molar-refractivity contribution < 1.29 is 9.47 Å². The Labute approximate surface area is 327 Å². The van der Waals surface area contributed by atoms with E-state index in [9.17, 15) is 0 Å². The fourth-order valence-electron chi connectivity index (χ4n) is 6.15. The van der Waals surface area contributed by atoms with E-state index in [2.05, 4.69) is 94.2 Å². The molecule has 0 spiro atoms. The van der Waals surface area contributed by atoms with Crippen LogP contribution in [0.3, 0.4) is 0 Å². The van der Waals surface area contributed by atoms with E-state index in [1.165, 1.54) is 50.3 Å². The fraction of sp³-hybridized carbons (Fsp3) is 0.300. The van der Waals surface area contributed by atoms with Crippen LogP contribution in [0.1, 0.15) is 65.2 Å². The van der Waals surface area contributed by atoms with Gasteiger partial charge in [-0.1, -0.05) is 52.4 Å². The number of hydrogen-bond donors (Lipinski definition) is 0. The number of halogens is 2. The van der Waals surface area contributed by atoms with Gasteiger partial charge in [-0.05, 0) is 117 Å². The maximum Gasteiger partial charge on any atom is 0.119 e. The SMILES string of the molecule is CCCCCCOc1ccc(-c2nc3c(-c4ccc(Br)s4)c4nsnc4c(-c4ccc(Br)s4)c3nc2-c2ccc(OCCCCCC)cc2)cc1. The Morgan fingerprint density at radius 1 is 0.510 bits per heavy atom. The van der Waals surface area contributed by atoms with E-state index in [0.29, 0.717) is 13.2 Å². The molecule has 4 heterocycles. The van der Waals surface area contributed by atoms with E-state index < -0.39 is 0 Å². The van der Waals surface area contributed by atoms with Crippen LogP contribution in [-0.4, -0.2) is 31.9 Å². The number of ether oxygens (including phenoxy) is 2. The van der Waals surface area contributed by atoms with Gasteiger partial charge in [-0.2, -0.15) is 8.75 Å². The van der Waals surface area contributed by atoms with Gasteiger partial charge in [0.2, 0.25) is 0 Å². The van der Waals surface area contributed by atoms with Crippen LogP contribution in [0.15, 0.2) is 80.4 Å². The van der Waals surface area contributed by atoms with E-state index in [1.807, 2.05) is 24.3 Å². The Bertz CT molecular complexity index is 2070. The van der Waals surface area contributed by atoms with Gasteiger partial charge in [0.25, 0.3) is 0 Å². The van der Waals surface area contributed by atoms with Crippen LogP contribution in [0.4, 0.5) is 0 Å². The van der Waals surface area contributed by atoms with Gasteiger partial charge in [-0.25, -0.2) is 9.97 Å². The molecule has 0 saturated carbocycles. The summed E-state index contributed by atoms with van der Waals surface area (Å²) in [6.07, 6.45) is 9.36. The zero-order valence-electron chi connectivity index (χ0n) is 28.6. The number of thiophene rings is 2.